The Morgan fingerprint density at radius 3 is 2.91 bits per heavy atom. The van der Waals surface area contributed by atoms with Crippen LogP contribution >= 0.6 is 11.3 Å². The zero-order valence-corrected chi connectivity index (χ0v) is 13.8. The monoisotopic (exact) mass is 317 g/mol. The fourth-order valence-electron chi connectivity index (χ4n) is 3.91. The van der Waals surface area contributed by atoms with E-state index in [2.05, 4.69) is 21.8 Å². The smallest absolute Gasteiger partial charge is 0.222 e. The van der Waals surface area contributed by atoms with Gasteiger partial charge in [0.25, 0.3) is 0 Å². The van der Waals surface area contributed by atoms with Gasteiger partial charge in [0.15, 0.2) is 5.82 Å². The molecule has 0 aromatic carbocycles. The van der Waals surface area contributed by atoms with Gasteiger partial charge in [-0.15, -0.1) is 11.3 Å². The van der Waals surface area contributed by atoms with Gasteiger partial charge in [-0.05, 0) is 44.1 Å². The number of nitrogen functional groups attached to an aromatic ring is 1. The lowest BCUT2D eigenvalue weighted by Gasteiger charge is -2.25. The molecule has 4 N–H and O–H groups in total. The van der Waals surface area contributed by atoms with Crippen molar-refractivity contribution in [1.82, 2.24) is 9.97 Å². The molecule has 3 heterocycles. The molecular formula is C16H23N5S. The second-order valence-corrected chi connectivity index (χ2v) is 7.61. The predicted octanol–water partition coefficient (Wildman–Crippen LogP) is 2.47. The van der Waals surface area contributed by atoms with Gasteiger partial charge in [0.05, 0.1) is 10.2 Å². The van der Waals surface area contributed by atoms with E-state index in [1.165, 1.54) is 34.4 Å². The van der Waals surface area contributed by atoms with Crippen molar-refractivity contribution in [2.24, 2.45) is 5.73 Å². The van der Waals surface area contributed by atoms with Crippen LogP contribution in [0.25, 0.3) is 10.2 Å². The van der Waals surface area contributed by atoms with Crippen molar-refractivity contribution in [2.75, 3.05) is 17.2 Å². The average molecular weight is 317 g/mol. The van der Waals surface area contributed by atoms with Gasteiger partial charge in [0.2, 0.25) is 5.95 Å². The van der Waals surface area contributed by atoms with Gasteiger partial charge in [0.1, 0.15) is 0 Å². The Morgan fingerprint density at radius 1 is 1.27 bits per heavy atom. The first kappa shape index (κ1) is 14.2. The Morgan fingerprint density at radius 2 is 2.09 bits per heavy atom. The van der Waals surface area contributed by atoms with Crippen molar-refractivity contribution in [3.05, 3.63) is 10.4 Å². The molecule has 0 radical (unpaired) electrons. The number of rotatable bonds is 2. The number of hydrogen-bond donors (Lipinski definition) is 2. The number of thiophene rings is 1. The van der Waals surface area contributed by atoms with Gasteiger partial charge in [0, 0.05) is 23.5 Å². The van der Waals surface area contributed by atoms with Crippen molar-refractivity contribution in [2.45, 2.75) is 57.5 Å². The van der Waals surface area contributed by atoms with Crippen LogP contribution in [0.1, 0.15) is 43.0 Å². The molecule has 1 saturated heterocycles. The number of anilines is 2. The molecule has 0 saturated carbocycles. The first-order chi connectivity index (χ1) is 10.7. The Bertz CT molecular complexity index is 710. The molecule has 0 bridgehead atoms. The van der Waals surface area contributed by atoms with Crippen molar-refractivity contribution in [3.8, 4) is 0 Å². The maximum atomic E-state index is 6.20. The summed E-state index contributed by atoms with van der Waals surface area (Å²) in [6.07, 6.45) is 6.96. The van der Waals surface area contributed by atoms with E-state index >= 15 is 0 Å². The normalized spacial score (nSPS) is 24.9. The van der Waals surface area contributed by atoms with Crippen LogP contribution in [0.3, 0.4) is 0 Å². The van der Waals surface area contributed by atoms with Crippen molar-refractivity contribution >= 4 is 33.3 Å². The van der Waals surface area contributed by atoms with Crippen LogP contribution in [-0.4, -0.2) is 28.6 Å². The molecule has 2 atom stereocenters. The predicted molar refractivity (Wildman–Crippen MR) is 92.5 cm³/mol. The first-order valence-corrected chi connectivity index (χ1v) is 9.09. The quantitative estimate of drug-likeness (QED) is 0.889. The summed E-state index contributed by atoms with van der Waals surface area (Å²) < 4.78 is 1.22. The minimum absolute atomic E-state index is 0.228. The Hall–Kier alpha value is -1.40. The van der Waals surface area contributed by atoms with Crippen LogP contribution in [-0.2, 0) is 12.8 Å². The van der Waals surface area contributed by atoms with Crippen LogP contribution < -0.4 is 16.4 Å². The van der Waals surface area contributed by atoms with Crippen LogP contribution in [0.5, 0.6) is 0 Å². The van der Waals surface area contributed by atoms with E-state index in [4.69, 9.17) is 11.5 Å². The molecule has 1 aliphatic heterocycles. The summed E-state index contributed by atoms with van der Waals surface area (Å²) in [5.74, 6) is 1.41. The number of nitrogens with zero attached hydrogens (tertiary/aromatic N) is 3. The summed E-state index contributed by atoms with van der Waals surface area (Å²) in [5, 5.41) is 0. The van der Waals surface area contributed by atoms with Gasteiger partial charge < -0.3 is 16.4 Å². The van der Waals surface area contributed by atoms with Crippen LogP contribution in [0, 0.1) is 0 Å². The van der Waals surface area contributed by atoms with Crippen LogP contribution in [0.4, 0.5) is 11.8 Å². The highest BCUT2D eigenvalue weighted by Crippen LogP contribution is 2.41. The summed E-state index contributed by atoms with van der Waals surface area (Å²) in [6, 6.07) is 0.692. The third kappa shape index (κ3) is 2.16. The molecular weight excluding hydrogens is 294 g/mol. The molecule has 4 rings (SSSR count). The summed E-state index contributed by atoms with van der Waals surface area (Å²) in [5.41, 5.74) is 14.7. The zero-order chi connectivity index (χ0) is 15.3. The van der Waals surface area contributed by atoms with E-state index in [1.807, 2.05) is 11.3 Å². The second-order valence-electron chi connectivity index (χ2n) is 6.50. The largest absolute Gasteiger partial charge is 0.368 e. The lowest BCUT2D eigenvalue weighted by atomic mass is 9.98. The number of hydrogen-bond acceptors (Lipinski definition) is 6. The van der Waals surface area contributed by atoms with Gasteiger partial charge >= 0.3 is 0 Å². The van der Waals surface area contributed by atoms with Crippen molar-refractivity contribution in [3.63, 3.8) is 0 Å². The number of aromatic nitrogens is 2. The third-order valence-corrected chi connectivity index (χ3v) is 6.26. The molecule has 0 amide bonds. The van der Waals surface area contributed by atoms with E-state index in [9.17, 15) is 0 Å². The van der Waals surface area contributed by atoms with E-state index in [1.54, 1.807) is 0 Å². The molecule has 1 fully saturated rings. The lowest BCUT2D eigenvalue weighted by Crippen LogP contribution is -2.31. The fourth-order valence-corrected chi connectivity index (χ4v) is 5.25. The average Bonchev–Trinajstić information content (AvgIpc) is 3.07. The van der Waals surface area contributed by atoms with E-state index in [-0.39, 0.29) is 6.04 Å². The molecule has 2 aliphatic rings. The zero-order valence-electron chi connectivity index (χ0n) is 13.0. The molecule has 6 heteroatoms. The molecule has 5 nitrogen and oxygen atoms in total. The summed E-state index contributed by atoms with van der Waals surface area (Å²) in [4.78, 5) is 13.0. The highest BCUT2D eigenvalue weighted by molar-refractivity contribution is 7.19. The number of nitrogens with two attached hydrogens (primary N) is 2. The molecule has 22 heavy (non-hydrogen) atoms. The summed E-state index contributed by atoms with van der Waals surface area (Å²) in [6.45, 7) is 3.09. The Labute approximate surface area is 134 Å². The number of fused-ring (bicyclic) bond motifs is 3. The topological polar surface area (TPSA) is 81.1 Å². The van der Waals surface area contributed by atoms with E-state index in [0.717, 1.165) is 37.1 Å². The summed E-state index contributed by atoms with van der Waals surface area (Å²) in [7, 11) is 0. The van der Waals surface area contributed by atoms with Gasteiger partial charge in [-0.2, -0.15) is 4.98 Å². The van der Waals surface area contributed by atoms with Crippen molar-refractivity contribution < 1.29 is 0 Å². The maximum absolute atomic E-state index is 6.20. The van der Waals surface area contributed by atoms with Crippen LogP contribution in [0.2, 0.25) is 0 Å². The Kier molecular flexibility index (Phi) is 3.46. The molecule has 2 aromatic rings. The van der Waals surface area contributed by atoms with Crippen molar-refractivity contribution in [1.29, 1.82) is 0 Å². The first-order valence-electron chi connectivity index (χ1n) is 8.27. The highest BCUT2D eigenvalue weighted by Gasteiger charge is 2.32. The standard InChI is InChI=1S/C16H23N5S/c1-2-10-7-9(17)8-21(10)15-14-13(19-16(18)20-15)11-5-3-4-6-12(11)22-14/h9-10H,2-8,17H2,1H3,(H2,18,19,20)/t9-,10+/m0/s1. The SMILES string of the molecule is CC[C@@H]1C[C@H](N)CN1c1nc(N)nc2c3c(sc12)CCCC3. The second kappa shape index (κ2) is 5.35. The van der Waals surface area contributed by atoms with Gasteiger partial charge in [-0.1, -0.05) is 6.92 Å². The van der Waals surface area contributed by atoms with E-state index < -0.39 is 0 Å². The fraction of sp³-hybridized carbons (Fsp3) is 0.625. The third-order valence-electron chi connectivity index (χ3n) is 4.98. The maximum Gasteiger partial charge on any atom is 0.222 e. The summed E-state index contributed by atoms with van der Waals surface area (Å²) >= 11 is 1.87. The molecule has 2 aromatic heterocycles. The minimum Gasteiger partial charge on any atom is -0.368 e. The van der Waals surface area contributed by atoms with Crippen LogP contribution in [0.15, 0.2) is 0 Å². The van der Waals surface area contributed by atoms with E-state index in [0.29, 0.717) is 12.0 Å². The molecule has 1 aliphatic carbocycles. The molecule has 118 valence electrons. The van der Waals surface area contributed by atoms with Gasteiger partial charge in [-0.25, -0.2) is 4.98 Å². The Balaban J connectivity index is 1.88. The number of aryl methyl sites for hydroxylation is 2. The minimum atomic E-state index is 0.228. The lowest BCUT2D eigenvalue weighted by molar-refractivity contribution is 0.622. The molecule has 0 unspecified atom stereocenters. The molecule has 0 spiro atoms. The van der Waals surface area contributed by atoms with Gasteiger partial charge in [-0.3, -0.25) is 0 Å². The highest BCUT2D eigenvalue weighted by atomic mass is 32.1.